The number of nitrogen functional groups attached to an aromatic ring is 1. The molecule has 2 aromatic rings. The van der Waals surface area contributed by atoms with E-state index in [-0.39, 0.29) is 23.7 Å². The fourth-order valence-electron chi connectivity index (χ4n) is 3.67. The molecule has 3 atom stereocenters. The van der Waals surface area contributed by atoms with Crippen LogP contribution in [0.25, 0.3) is 0 Å². The largest absolute Gasteiger partial charge is 0.508 e. The average molecular weight is 561 g/mol. The molecule has 2 aromatic carbocycles. The van der Waals surface area contributed by atoms with Crippen molar-refractivity contribution >= 4 is 33.2 Å². The molecule has 0 bridgehead atoms. The molecule has 11 nitrogen and oxygen atoms in total. The third-order valence-electron chi connectivity index (χ3n) is 5.92. The fraction of sp³-hybridized carbons (Fsp3) is 0.370. The molecule has 212 valence electrons. The zero-order valence-electron chi connectivity index (χ0n) is 22.3. The van der Waals surface area contributed by atoms with E-state index in [9.17, 15) is 33.0 Å². The molecule has 7 N–H and O–H groups in total. The Morgan fingerprint density at radius 2 is 1.64 bits per heavy atom. The van der Waals surface area contributed by atoms with E-state index in [1.807, 2.05) is 0 Å². The molecule has 0 aliphatic rings. The number of nitrogens with one attached hydrogen (secondary N) is 3. The summed E-state index contributed by atoms with van der Waals surface area (Å²) in [5, 5.41) is 28.5. The Balaban J connectivity index is 2.17. The molecule has 0 saturated carbocycles. The zero-order chi connectivity index (χ0) is 29.3. The summed E-state index contributed by atoms with van der Waals surface area (Å²) < 4.78 is 23.3. The van der Waals surface area contributed by atoms with E-state index in [4.69, 9.17) is 5.73 Å². The Labute approximate surface area is 228 Å². The van der Waals surface area contributed by atoms with Crippen LogP contribution in [0.3, 0.4) is 0 Å². The summed E-state index contributed by atoms with van der Waals surface area (Å²) in [6.45, 7) is 4.23. The van der Waals surface area contributed by atoms with E-state index >= 15 is 0 Å². The molecule has 0 aromatic heterocycles. The molecular weight excluding hydrogens is 524 g/mol. The Morgan fingerprint density at radius 3 is 2.21 bits per heavy atom. The number of hydrogen-bond acceptors (Lipinski definition) is 8. The van der Waals surface area contributed by atoms with E-state index in [1.54, 1.807) is 45.0 Å². The van der Waals surface area contributed by atoms with Crippen LogP contribution < -0.4 is 21.7 Å². The Morgan fingerprint density at radius 1 is 1.00 bits per heavy atom. The zero-order valence-corrected chi connectivity index (χ0v) is 23.2. The Kier molecular flexibility index (Phi) is 11.1. The maximum atomic E-state index is 13.1. The lowest BCUT2D eigenvalue weighted by atomic mass is 10.0. The van der Waals surface area contributed by atoms with Crippen LogP contribution >= 0.6 is 0 Å². The molecule has 0 aliphatic carbocycles. The summed E-state index contributed by atoms with van der Waals surface area (Å²) in [5.41, 5.74) is 7.55. The summed E-state index contributed by atoms with van der Waals surface area (Å²) in [4.78, 5) is 38.9. The molecule has 0 saturated heterocycles. The van der Waals surface area contributed by atoms with Crippen LogP contribution in [-0.4, -0.2) is 67.3 Å². The number of hydrogen-bond donors (Lipinski definition) is 6. The van der Waals surface area contributed by atoms with Crippen LogP contribution in [0.4, 0.5) is 5.69 Å². The predicted octanol–water partition coefficient (Wildman–Crippen LogP) is 0.800. The minimum absolute atomic E-state index is 0.0661. The first kappa shape index (κ1) is 31.3. The van der Waals surface area contributed by atoms with Crippen molar-refractivity contribution in [1.29, 1.82) is 0 Å². The van der Waals surface area contributed by atoms with E-state index in [0.29, 0.717) is 11.3 Å². The highest BCUT2D eigenvalue weighted by molar-refractivity contribution is 7.93. The van der Waals surface area contributed by atoms with E-state index in [1.165, 1.54) is 24.3 Å². The molecular formula is C27H36N4O7S. The predicted molar refractivity (Wildman–Crippen MR) is 148 cm³/mol. The van der Waals surface area contributed by atoms with Crippen molar-refractivity contribution in [2.24, 2.45) is 5.92 Å². The number of anilines is 1. The number of sulfone groups is 1. The van der Waals surface area contributed by atoms with Crippen molar-refractivity contribution < 1.29 is 33.0 Å². The summed E-state index contributed by atoms with van der Waals surface area (Å²) in [6, 6.07) is 8.05. The molecule has 39 heavy (non-hydrogen) atoms. The van der Waals surface area contributed by atoms with Crippen molar-refractivity contribution in [2.45, 2.75) is 45.3 Å². The number of aliphatic hydroxyl groups excluding tert-OH is 1. The molecule has 0 spiro atoms. The minimum Gasteiger partial charge on any atom is -0.508 e. The lowest BCUT2D eigenvalue weighted by Gasteiger charge is -2.26. The fourth-order valence-corrected chi connectivity index (χ4v) is 4.15. The first-order valence-corrected chi connectivity index (χ1v) is 14.2. The quantitative estimate of drug-likeness (QED) is 0.206. The van der Waals surface area contributed by atoms with Gasteiger partial charge in [0.1, 0.15) is 17.8 Å². The Bertz CT molecular complexity index is 1310. The molecule has 0 heterocycles. The number of phenolic OH excluding ortho intramolecular Hbond substituents is 1. The van der Waals surface area contributed by atoms with Crippen molar-refractivity contribution in [3.8, 4) is 5.75 Å². The monoisotopic (exact) mass is 560 g/mol. The number of amides is 3. The molecule has 0 unspecified atom stereocenters. The van der Waals surface area contributed by atoms with Crippen molar-refractivity contribution in [3.63, 3.8) is 0 Å². The number of phenols is 1. The van der Waals surface area contributed by atoms with Crippen LogP contribution in [0.1, 0.15) is 35.3 Å². The molecule has 0 aliphatic heterocycles. The Hall–Kier alpha value is -3.90. The minimum atomic E-state index is -3.49. The number of carbonyl (C=O) groups excluding carboxylic acids is 3. The van der Waals surface area contributed by atoms with Gasteiger partial charge in [0.25, 0.3) is 5.91 Å². The second-order valence-electron chi connectivity index (χ2n) is 9.61. The van der Waals surface area contributed by atoms with Gasteiger partial charge >= 0.3 is 0 Å². The third-order valence-corrected chi connectivity index (χ3v) is 6.57. The van der Waals surface area contributed by atoms with Crippen molar-refractivity contribution in [2.75, 3.05) is 18.6 Å². The lowest BCUT2D eigenvalue weighted by Crippen LogP contribution is -2.57. The van der Waals surface area contributed by atoms with Crippen molar-refractivity contribution in [1.82, 2.24) is 16.0 Å². The van der Waals surface area contributed by atoms with Crippen LogP contribution in [0.2, 0.25) is 0 Å². The van der Waals surface area contributed by atoms with Gasteiger partial charge in [-0.3, -0.25) is 14.4 Å². The van der Waals surface area contributed by atoms with Gasteiger partial charge in [-0.15, -0.1) is 0 Å². The van der Waals surface area contributed by atoms with Gasteiger partial charge in [-0.05, 0) is 49.1 Å². The first-order valence-electron chi connectivity index (χ1n) is 12.3. The summed E-state index contributed by atoms with van der Waals surface area (Å²) in [7, 11) is -3.49. The third kappa shape index (κ3) is 9.73. The van der Waals surface area contributed by atoms with Gasteiger partial charge < -0.3 is 31.9 Å². The highest BCUT2D eigenvalue weighted by Gasteiger charge is 2.30. The van der Waals surface area contributed by atoms with Gasteiger partial charge in [0.05, 0.1) is 12.6 Å². The van der Waals surface area contributed by atoms with Gasteiger partial charge in [0.2, 0.25) is 11.8 Å². The van der Waals surface area contributed by atoms with E-state index in [2.05, 4.69) is 16.0 Å². The van der Waals surface area contributed by atoms with Crippen LogP contribution in [0, 0.1) is 12.8 Å². The lowest BCUT2D eigenvalue weighted by molar-refractivity contribution is -0.131. The van der Waals surface area contributed by atoms with Gasteiger partial charge in [-0.1, -0.05) is 38.1 Å². The number of nitrogens with two attached hydrogens (primary N) is 1. The SMILES string of the molecule is Cc1c(O)cccc1C(=O)N[C@H](C(=O)N[C@@H](CO)C(=O)N[C@H](/C=C/S(C)(=O)=O)Cc1ccc(N)cc1)C(C)C. The number of aliphatic hydroxyl groups is 1. The van der Waals surface area contributed by atoms with Gasteiger partial charge in [-0.2, -0.15) is 0 Å². The molecule has 2 rings (SSSR count). The van der Waals surface area contributed by atoms with E-state index in [0.717, 1.165) is 17.2 Å². The van der Waals surface area contributed by atoms with E-state index < -0.39 is 52.3 Å². The number of benzene rings is 2. The number of rotatable bonds is 12. The number of carbonyl (C=O) groups is 3. The topological polar surface area (TPSA) is 188 Å². The highest BCUT2D eigenvalue weighted by Crippen LogP contribution is 2.20. The maximum Gasteiger partial charge on any atom is 0.252 e. The van der Waals surface area contributed by atoms with Crippen molar-refractivity contribution in [3.05, 3.63) is 70.6 Å². The van der Waals surface area contributed by atoms with Gasteiger partial charge in [0.15, 0.2) is 9.84 Å². The smallest absolute Gasteiger partial charge is 0.252 e. The van der Waals surface area contributed by atoms with Crippen LogP contribution in [0.15, 0.2) is 53.9 Å². The standard InChI is InChI=1S/C27H36N4O7S/c1-16(2)24(31-25(34)21-6-5-7-23(33)17(21)3)27(36)30-22(15-32)26(35)29-20(12-13-39(4,37)38)14-18-8-10-19(28)11-9-18/h5-13,16,20,22,24,32-33H,14-15,28H2,1-4H3,(H,29,35)(H,30,36)(H,31,34)/b13-12+/t20-,22+,24+/m1/s1. The summed E-state index contributed by atoms with van der Waals surface area (Å²) in [5.74, 6) is -2.49. The molecule has 0 fully saturated rings. The normalized spacial score (nSPS) is 14.0. The van der Waals surface area contributed by atoms with Gasteiger partial charge in [-0.25, -0.2) is 8.42 Å². The summed E-state index contributed by atoms with van der Waals surface area (Å²) in [6.07, 6.45) is 2.55. The molecule has 3 amide bonds. The second kappa shape index (κ2) is 13.8. The molecule has 12 heteroatoms. The van der Waals surface area contributed by atoms with Crippen LogP contribution in [0.5, 0.6) is 5.75 Å². The first-order chi connectivity index (χ1) is 18.2. The van der Waals surface area contributed by atoms with Crippen LogP contribution in [-0.2, 0) is 25.8 Å². The number of aromatic hydroxyl groups is 1. The molecule has 0 radical (unpaired) electrons. The second-order valence-corrected chi connectivity index (χ2v) is 11.5. The average Bonchev–Trinajstić information content (AvgIpc) is 2.86. The highest BCUT2D eigenvalue weighted by atomic mass is 32.2. The van der Waals surface area contributed by atoms with Gasteiger partial charge in [0, 0.05) is 28.5 Å². The summed E-state index contributed by atoms with van der Waals surface area (Å²) >= 11 is 0. The maximum absolute atomic E-state index is 13.1.